The van der Waals surface area contributed by atoms with Gasteiger partial charge in [-0.2, -0.15) is 0 Å². The van der Waals surface area contributed by atoms with Crippen LogP contribution in [-0.2, 0) is 0 Å². The van der Waals surface area contributed by atoms with E-state index in [1.807, 2.05) is 0 Å². The number of hydrogen-bond donors (Lipinski definition) is 0. The summed E-state index contributed by atoms with van der Waals surface area (Å²) in [6.07, 6.45) is 2.65. The molecule has 0 saturated carbocycles. The van der Waals surface area contributed by atoms with Crippen molar-refractivity contribution in [2.45, 2.75) is 0 Å². The standard InChI is InChI=1S/C17H6Cl6FN/c18-7-1-9(15(22)13(20)3-7)11-5-25-6-12(17(11)24)10-2-8(19)4-14(21)16(10)23/h1-6H. The highest BCUT2D eigenvalue weighted by atomic mass is 35.5. The van der Waals surface area contributed by atoms with Gasteiger partial charge in [-0.15, -0.1) is 0 Å². The molecule has 0 saturated heterocycles. The van der Waals surface area contributed by atoms with Crippen LogP contribution in [0.4, 0.5) is 4.39 Å². The summed E-state index contributed by atoms with van der Waals surface area (Å²) in [6.45, 7) is 0. The van der Waals surface area contributed by atoms with Crippen LogP contribution in [0.3, 0.4) is 0 Å². The largest absolute Gasteiger partial charge is 0.263 e. The molecule has 0 N–H and O–H groups in total. The summed E-state index contributed by atoms with van der Waals surface area (Å²) < 4.78 is 15.2. The van der Waals surface area contributed by atoms with Crippen molar-refractivity contribution in [1.82, 2.24) is 4.98 Å². The molecule has 0 bridgehead atoms. The normalized spacial score (nSPS) is 11.0. The van der Waals surface area contributed by atoms with Crippen LogP contribution in [0.1, 0.15) is 0 Å². The number of hydrogen-bond acceptors (Lipinski definition) is 1. The Balaban J connectivity index is 2.28. The highest BCUT2D eigenvalue weighted by Gasteiger charge is 2.19. The molecule has 128 valence electrons. The zero-order valence-electron chi connectivity index (χ0n) is 12.1. The number of rotatable bonds is 2. The van der Waals surface area contributed by atoms with Crippen molar-refractivity contribution in [2.75, 3.05) is 0 Å². The monoisotopic (exact) mass is 453 g/mol. The molecule has 0 fully saturated rings. The number of benzene rings is 2. The smallest absolute Gasteiger partial charge is 0.142 e. The highest BCUT2D eigenvalue weighted by Crippen LogP contribution is 2.42. The molecule has 25 heavy (non-hydrogen) atoms. The van der Waals surface area contributed by atoms with Crippen LogP contribution in [0.25, 0.3) is 22.3 Å². The molecule has 0 radical (unpaired) electrons. The van der Waals surface area contributed by atoms with Crippen molar-refractivity contribution in [3.05, 3.63) is 72.6 Å². The Hall–Kier alpha value is -0.740. The summed E-state index contributed by atoms with van der Waals surface area (Å²) >= 11 is 36.5. The predicted molar refractivity (Wildman–Crippen MR) is 105 cm³/mol. The maximum Gasteiger partial charge on any atom is 0.142 e. The summed E-state index contributed by atoms with van der Waals surface area (Å²) in [6, 6.07) is 5.95. The Morgan fingerprint density at radius 3 is 1.40 bits per heavy atom. The molecule has 0 spiro atoms. The van der Waals surface area contributed by atoms with E-state index in [-0.39, 0.29) is 31.2 Å². The van der Waals surface area contributed by atoms with Crippen molar-refractivity contribution in [1.29, 1.82) is 0 Å². The first-order chi connectivity index (χ1) is 11.8. The zero-order valence-corrected chi connectivity index (χ0v) is 16.6. The predicted octanol–water partition coefficient (Wildman–Crippen LogP) is 8.48. The van der Waals surface area contributed by atoms with Gasteiger partial charge in [0.05, 0.1) is 20.1 Å². The van der Waals surface area contributed by atoms with E-state index in [4.69, 9.17) is 69.6 Å². The molecule has 1 heterocycles. The van der Waals surface area contributed by atoms with Crippen LogP contribution < -0.4 is 0 Å². The number of aromatic nitrogens is 1. The summed E-state index contributed by atoms with van der Waals surface area (Å²) in [5, 5.41) is 1.38. The summed E-state index contributed by atoms with van der Waals surface area (Å²) in [5.41, 5.74) is 0.878. The van der Waals surface area contributed by atoms with Gasteiger partial charge in [0.1, 0.15) is 5.82 Å². The van der Waals surface area contributed by atoms with Crippen LogP contribution in [0, 0.1) is 5.82 Å². The first kappa shape index (κ1) is 19.0. The van der Waals surface area contributed by atoms with Gasteiger partial charge in [-0.05, 0) is 24.3 Å². The molecule has 0 atom stereocenters. The molecule has 8 heteroatoms. The van der Waals surface area contributed by atoms with E-state index in [2.05, 4.69) is 4.98 Å². The van der Waals surface area contributed by atoms with E-state index in [9.17, 15) is 0 Å². The van der Waals surface area contributed by atoms with Gasteiger partial charge >= 0.3 is 0 Å². The fourth-order valence-corrected chi connectivity index (χ4v) is 3.73. The second-order valence-corrected chi connectivity index (χ2v) is 7.49. The number of nitrogens with zero attached hydrogens (tertiary/aromatic N) is 1. The molecule has 0 aliphatic heterocycles. The van der Waals surface area contributed by atoms with Gasteiger partial charge in [-0.1, -0.05) is 69.6 Å². The van der Waals surface area contributed by atoms with Crippen molar-refractivity contribution in [3.63, 3.8) is 0 Å². The molecule has 0 amide bonds. The fourth-order valence-electron chi connectivity index (χ4n) is 2.32. The van der Waals surface area contributed by atoms with Gasteiger partial charge in [0.2, 0.25) is 0 Å². The quantitative estimate of drug-likeness (QED) is 0.353. The van der Waals surface area contributed by atoms with Crippen LogP contribution >= 0.6 is 69.6 Å². The lowest BCUT2D eigenvalue weighted by Gasteiger charge is -2.13. The lowest BCUT2D eigenvalue weighted by atomic mass is 10.0. The van der Waals surface area contributed by atoms with Gasteiger partial charge in [0.25, 0.3) is 0 Å². The maximum absolute atomic E-state index is 15.2. The fraction of sp³-hybridized carbons (Fsp3) is 0. The third-order valence-electron chi connectivity index (χ3n) is 3.45. The van der Waals surface area contributed by atoms with Gasteiger partial charge in [0, 0.05) is 44.7 Å². The molecule has 1 aromatic heterocycles. The highest BCUT2D eigenvalue weighted by molar-refractivity contribution is 6.45. The lowest BCUT2D eigenvalue weighted by Crippen LogP contribution is -1.94. The van der Waals surface area contributed by atoms with Gasteiger partial charge in [-0.3, -0.25) is 4.98 Å². The molecule has 1 nitrogen and oxygen atoms in total. The van der Waals surface area contributed by atoms with E-state index in [0.717, 1.165) is 0 Å². The summed E-state index contributed by atoms with van der Waals surface area (Å²) in [7, 11) is 0. The zero-order chi connectivity index (χ0) is 18.3. The topological polar surface area (TPSA) is 12.9 Å². The summed E-state index contributed by atoms with van der Waals surface area (Å²) in [4.78, 5) is 4.07. The lowest BCUT2D eigenvalue weighted by molar-refractivity contribution is 0.633. The van der Waals surface area contributed by atoms with E-state index < -0.39 is 5.82 Å². The molecule has 0 aliphatic carbocycles. The molecule has 0 unspecified atom stereocenters. The Bertz CT molecular complexity index is 914. The summed E-state index contributed by atoms with van der Waals surface area (Å²) in [5.74, 6) is -0.601. The van der Waals surface area contributed by atoms with Crippen LogP contribution in [0.5, 0.6) is 0 Å². The first-order valence-electron chi connectivity index (χ1n) is 6.73. The van der Waals surface area contributed by atoms with E-state index in [1.165, 1.54) is 36.7 Å². The van der Waals surface area contributed by atoms with E-state index >= 15 is 4.39 Å². The third kappa shape index (κ3) is 3.71. The Morgan fingerprint density at radius 2 is 1.00 bits per heavy atom. The van der Waals surface area contributed by atoms with Gasteiger partial charge in [0.15, 0.2) is 0 Å². The third-order valence-corrected chi connectivity index (χ3v) is 5.49. The van der Waals surface area contributed by atoms with Gasteiger partial charge in [-0.25, -0.2) is 4.39 Å². The Kier molecular flexibility index (Phi) is 5.69. The second kappa shape index (κ2) is 7.48. The van der Waals surface area contributed by atoms with Crippen molar-refractivity contribution >= 4 is 69.6 Å². The Labute approximate surface area is 173 Å². The number of halogens is 7. The number of pyridine rings is 1. The van der Waals surface area contributed by atoms with Crippen LogP contribution in [0.15, 0.2) is 36.7 Å². The average Bonchev–Trinajstić information content (AvgIpc) is 2.55. The van der Waals surface area contributed by atoms with Crippen molar-refractivity contribution in [3.8, 4) is 22.3 Å². The molecular formula is C17H6Cl6FN. The van der Waals surface area contributed by atoms with E-state index in [1.54, 1.807) is 0 Å². The minimum atomic E-state index is -0.601. The Morgan fingerprint density at radius 1 is 0.600 bits per heavy atom. The van der Waals surface area contributed by atoms with Crippen LogP contribution in [-0.4, -0.2) is 4.98 Å². The molecule has 3 rings (SSSR count). The second-order valence-electron chi connectivity index (χ2n) is 5.05. The average molecular weight is 456 g/mol. The van der Waals surface area contributed by atoms with Crippen molar-refractivity contribution < 1.29 is 4.39 Å². The molecule has 3 aromatic rings. The molecular weight excluding hydrogens is 450 g/mol. The molecule has 2 aromatic carbocycles. The first-order valence-corrected chi connectivity index (χ1v) is 8.99. The van der Waals surface area contributed by atoms with Gasteiger partial charge < -0.3 is 0 Å². The van der Waals surface area contributed by atoms with Crippen molar-refractivity contribution in [2.24, 2.45) is 0 Å². The molecule has 0 aliphatic rings. The van der Waals surface area contributed by atoms with Crippen LogP contribution in [0.2, 0.25) is 30.1 Å². The SMILES string of the molecule is Fc1c(-c2cc(Cl)cc(Cl)c2Cl)cncc1-c1cc(Cl)cc(Cl)c1Cl. The van der Waals surface area contributed by atoms with E-state index in [0.29, 0.717) is 21.2 Å². The minimum Gasteiger partial charge on any atom is -0.263 e. The minimum absolute atomic E-state index is 0.124. The maximum atomic E-state index is 15.2.